The highest BCUT2D eigenvalue weighted by Gasteiger charge is 2.15. The highest BCUT2D eigenvalue weighted by molar-refractivity contribution is 7.80. The third-order valence-electron chi connectivity index (χ3n) is 2.70. The number of hydrogen-bond acceptors (Lipinski definition) is 4. The Hall–Kier alpha value is -1.73. The Bertz CT molecular complexity index is 435. The van der Waals surface area contributed by atoms with Crippen molar-refractivity contribution in [3.63, 3.8) is 0 Å². The maximum atomic E-state index is 11.7. The van der Waals surface area contributed by atoms with Gasteiger partial charge in [-0.2, -0.15) is 0 Å². The van der Waals surface area contributed by atoms with E-state index in [1.54, 1.807) is 24.4 Å². The van der Waals surface area contributed by atoms with E-state index >= 15 is 0 Å². The standard InChI is InChI=1S/C12H16N4O2S/c17-11(10-5-1-2-6-13-10)15-16-12(19)14-8-9-4-3-7-18-9/h1-2,5-6,9H,3-4,7-8H2,(H,15,17)(H2,14,16,19)/t9-/m1/s1. The number of carbonyl (C=O) groups is 1. The van der Waals surface area contributed by atoms with Crippen molar-refractivity contribution >= 4 is 23.2 Å². The monoisotopic (exact) mass is 280 g/mol. The van der Waals surface area contributed by atoms with E-state index in [9.17, 15) is 4.79 Å². The summed E-state index contributed by atoms with van der Waals surface area (Å²) in [5.41, 5.74) is 5.44. The molecule has 1 aliphatic rings. The number of amides is 1. The molecule has 2 heterocycles. The van der Waals surface area contributed by atoms with Gasteiger partial charge in [0.15, 0.2) is 5.11 Å². The highest BCUT2D eigenvalue weighted by atomic mass is 32.1. The first-order chi connectivity index (χ1) is 9.25. The van der Waals surface area contributed by atoms with Gasteiger partial charge in [0.2, 0.25) is 0 Å². The molecule has 102 valence electrons. The van der Waals surface area contributed by atoms with E-state index in [1.165, 1.54) is 0 Å². The molecule has 0 unspecified atom stereocenters. The second-order valence-corrected chi connectivity index (χ2v) is 4.55. The van der Waals surface area contributed by atoms with Crippen molar-refractivity contribution in [1.29, 1.82) is 0 Å². The van der Waals surface area contributed by atoms with Gasteiger partial charge in [-0.05, 0) is 37.2 Å². The van der Waals surface area contributed by atoms with Gasteiger partial charge >= 0.3 is 0 Å². The van der Waals surface area contributed by atoms with Crippen LogP contribution in [0.15, 0.2) is 24.4 Å². The molecule has 2 rings (SSSR count). The zero-order chi connectivity index (χ0) is 13.5. The molecule has 19 heavy (non-hydrogen) atoms. The van der Waals surface area contributed by atoms with Crippen molar-refractivity contribution in [1.82, 2.24) is 21.2 Å². The lowest BCUT2D eigenvalue weighted by Gasteiger charge is -2.14. The van der Waals surface area contributed by atoms with Crippen LogP contribution in [0.5, 0.6) is 0 Å². The van der Waals surface area contributed by atoms with Gasteiger partial charge in [-0.1, -0.05) is 6.07 Å². The van der Waals surface area contributed by atoms with Crippen molar-refractivity contribution < 1.29 is 9.53 Å². The maximum Gasteiger partial charge on any atom is 0.288 e. The first-order valence-corrected chi connectivity index (χ1v) is 6.53. The third kappa shape index (κ3) is 4.46. The molecule has 3 N–H and O–H groups in total. The molecule has 1 aromatic heterocycles. The molecule has 7 heteroatoms. The fourth-order valence-electron chi connectivity index (χ4n) is 1.73. The molecule has 1 atom stereocenters. The molecule has 0 bridgehead atoms. The SMILES string of the molecule is O=C(NNC(=S)NC[C@H]1CCCO1)c1ccccn1. The van der Waals surface area contributed by atoms with Crippen LogP contribution in [-0.2, 0) is 4.74 Å². The van der Waals surface area contributed by atoms with Gasteiger partial charge < -0.3 is 10.1 Å². The van der Waals surface area contributed by atoms with Crippen molar-refractivity contribution in [3.8, 4) is 0 Å². The van der Waals surface area contributed by atoms with E-state index in [-0.39, 0.29) is 12.0 Å². The minimum Gasteiger partial charge on any atom is -0.376 e. The first kappa shape index (κ1) is 13.7. The Morgan fingerprint density at radius 2 is 2.37 bits per heavy atom. The molecule has 1 fully saturated rings. The number of pyridine rings is 1. The Morgan fingerprint density at radius 3 is 3.05 bits per heavy atom. The van der Waals surface area contributed by atoms with Crippen molar-refractivity contribution in [2.45, 2.75) is 18.9 Å². The Balaban J connectivity index is 1.67. The Labute approximate surface area is 116 Å². The number of nitrogens with one attached hydrogen (secondary N) is 3. The molecule has 0 aliphatic carbocycles. The van der Waals surface area contributed by atoms with Gasteiger partial charge in [-0.15, -0.1) is 0 Å². The lowest BCUT2D eigenvalue weighted by molar-refractivity contribution is 0.0938. The summed E-state index contributed by atoms with van der Waals surface area (Å²) in [4.78, 5) is 15.6. The van der Waals surface area contributed by atoms with E-state index < -0.39 is 0 Å². The number of aromatic nitrogens is 1. The van der Waals surface area contributed by atoms with Crippen molar-refractivity contribution in [2.24, 2.45) is 0 Å². The molecule has 1 aliphatic heterocycles. The maximum absolute atomic E-state index is 11.7. The Kier molecular flexibility index (Phi) is 5.05. The fourth-order valence-corrected chi connectivity index (χ4v) is 1.87. The molecule has 0 spiro atoms. The van der Waals surface area contributed by atoms with Gasteiger partial charge in [0.05, 0.1) is 6.10 Å². The highest BCUT2D eigenvalue weighted by Crippen LogP contribution is 2.10. The van der Waals surface area contributed by atoms with Crippen LogP contribution in [0.2, 0.25) is 0 Å². The first-order valence-electron chi connectivity index (χ1n) is 6.12. The topological polar surface area (TPSA) is 75.3 Å². The predicted octanol–water partition coefficient (Wildman–Crippen LogP) is 0.369. The number of thiocarbonyl (C=S) groups is 1. The minimum absolute atomic E-state index is 0.200. The summed E-state index contributed by atoms with van der Waals surface area (Å²) in [7, 11) is 0. The van der Waals surface area contributed by atoms with E-state index in [2.05, 4.69) is 21.2 Å². The second kappa shape index (κ2) is 7.01. The molecular formula is C12H16N4O2S. The van der Waals surface area contributed by atoms with Crippen LogP contribution < -0.4 is 16.2 Å². The largest absolute Gasteiger partial charge is 0.376 e. The zero-order valence-electron chi connectivity index (χ0n) is 10.4. The number of nitrogens with zero attached hydrogens (tertiary/aromatic N) is 1. The van der Waals surface area contributed by atoms with Gasteiger partial charge in [-0.3, -0.25) is 20.6 Å². The summed E-state index contributed by atoms with van der Waals surface area (Å²) < 4.78 is 5.45. The molecule has 0 radical (unpaired) electrons. The van der Waals surface area contributed by atoms with Gasteiger partial charge in [0.1, 0.15) is 5.69 Å². The lowest BCUT2D eigenvalue weighted by Crippen LogP contribution is -2.48. The molecular weight excluding hydrogens is 264 g/mol. The summed E-state index contributed by atoms with van der Waals surface area (Å²) in [6.07, 6.45) is 3.88. The van der Waals surface area contributed by atoms with E-state index in [1.807, 2.05) is 0 Å². The average Bonchev–Trinajstić information content (AvgIpc) is 2.96. The summed E-state index contributed by atoms with van der Waals surface area (Å²) in [6, 6.07) is 5.12. The third-order valence-corrected chi connectivity index (χ3v) is 2.95. The molecule has 6 nitrogen and oxygen atoms in total. The van der Waals surface area contributed by atoms with E-state index in [0.29, 0.717) is 17.4 Å². The number of ether oxygens (including phenoxy) is 1. The van der Waals surface area contributed by atoms with Gasteiger partial charge in [-0.25, -0.2) is 0 Å². The summed E-state index contributed by atoms with van der Waals surface area (Å²) in [5, 5.41) is 3.35. The molecule has 1 amide bonds. The summed E-state index contributed by atoms with van der Waals surface area (Å²) >= 11 is 5.04. The fraction of sp³-hybridized carbons (Fsp3) is 0.417. The number of hydrazine groups is 1. The van der Waals surface area contributed by atoms with Crippen LogP contribution in [0.1, 0.15) is 23.3 Å². The summed E-state index contributed by atoms with van der Waals surface area (Å²) in [5.74, 6) is -0.332. The van der Waals surface area contributed by atoms with E-state index in [4.69, 9.17) is 17.0 Å². The normalized spacial score (nSPS) is 17.8. The molecule has 0 aromatic carbocycles. The van der Waals surface area contributed by atoms with Crippen LogP contribution in [0.4, 0.5) is 0 Å². The zero-order valence-corrected chi connectivity index (χ0v) is 11.2. The van der Waals surface area contributed by atoms with Crippen molar-refractivity contribution in [3.05, 3.63) is 30.1 Å². The van der Waals surface area contributed by atoms with Gasteiger partial charge in [0.25, 0.3) is 5.91 Å². The van der Waals surface area contributed by atoms with E-state index in [0.717, 1.165) is 19.4 Å². The second-order valence-electron chi connectivity index (χ2n) is 4.14. The predicted molar refractivity (Wildman–Crippen MR) is 74.4 cm³/mol. The quantitative estimate of drug-likeness (QED) is 0.549. The number of hydrogen-bond donors (Lipinski definition) is 3. The Morgan fingerprint density at radius 1 is 1.47 bits per heavy atom. The summed E-state index contributed by atoms with van der Waals surface area (Å²) in [6.45, 7) is 1.45. The molecule has 0 saturated carbocycles. The van der Waals surface area contributed by atoms with Crippen LogP contribution in [0.3, 0.4) is 0 Å². The number of carbonyl (C=O) groups excluding carboxylic acids is 1. The molecule has 1 saturated heterocycles. The molecule has 1 aromatic rings. The van der Waals surface area contributed by atoms with Crippen LogP contribution in [0, 0.1) is 0 Å². The van der Waals surface area contributed by atoms with Crippen molar-refractivity contribution in [2.75, 3.05) is 13.2 Å². The van der Waals surface area contributed by atoms with Gasteiger partial charge in [0, 0.05) is 19.3 Å². The smallest absolute Gasteiger partial charge is 0.288 e. The number of rotatable bonds is 3. The van der Waals surface area contributed by atoms with Crippen LogP contribution in [0.25, 0.3) is 0 Å². The van der Waals surface area contributed by atoms with Crippen LogP contribution in [-0.4, -0.2) is 35.3 Å². The average molecular weight is 280 g/mol. The lowest BCUT2D eigenvalue weighted by atomic mass is 10.2. The minimum atomic E-state index is -0.332. The van der Waals surface area contributed by atoms with Crippen LogP contribution >= 0.6 is 12.2 Å².